The van der Waals surface area contributed by atoms with Crippen LogP contribution in [0.25, 0.3) is 11.6 Å². The molecule has 1 aliphatic rings. The fourth-order valence-electron chi connectivity index (χ4n) is 3.81. The Morgan fingerprint density at radius 3 is 2.42 bits per heavy atom. The normalized spacial score (nSPS) is 13.5. The van der Waals surface area contributed by atoms with Gasteiger partial charge in [0.2, 0.25) is 0 Å². The first-order valence-electron chi connectivity index (χ1n) is 9.94. The minimum absolute atomic E-state index is 0.180. The van der Waals surface area contributed by atoms with Gasteiger partial charge in [0.15, 0.2) is 0 Å². The lowest BCUT2D eigenvalue weighted by molar-refractivity contribution is -0.125. The number of fused-ring (bicyclic) bond motifs is 1. The number of hydrogen-bond acceptors (Lipinski definition) is 3. The Bertz CT molecular complexity index is 1140. The standard InChI is InChI=1S/C25H21FN2O3/c26-20-11-9-17(10-12-20)15-22(18-5-2-1-3-6-18)25(30)28-14-13-19-7-4-8-21(23(19)16-28)24(29)27-31/h1-12,15,31H,13-14,16H2,(H,27,29). The number of rotatable bonds is 4. The molecular formula is C25H21FN2O3. The van der Waals surface area contributed by atoms with Crippen molar-refractivity contribution < 1.29 is 19.2 Å². The van der Waals surface area contributed by atoms with Crippen LogP contribution in [0.4, 0.5) is 4.39 Å². The Kier molecular flexibility index (Phi) is 5.91. The minimum Gasteiger partial charge on any atom is -0.334 e. The topological polar surface area (TPSA) is 69.6 Å². The van der Waals surface area contributed by atoms with Crippen LogP contribution in [0.1, 0.15) is 32.6 Å². The molecule has 0 fully saturated rings. The molecule has 156 valence electrons. The molecule has 0 saturated carbocycles. The van der Waals surface area contributed by atoms with E-state index in [9.17, 15) is 14.0 Å². The van der Waals surface area contributed by atoms with Gasteiger partial charge < -0.3 is 4.90 Å². The highest BCUT2D eigenvalue weighted by Crippen LogP contribution is 2.27. The molecule has 3 aromatic rings. The molecule has 1 heterocycles. The van der Waals surface area contributed by atoms with Crippen molar-refractivity contribution in [1.29, 1.82) is 0 Å². The Morgan fingerprint density at radius 2 is 1.71 bits per heavy atom. The van der Waals surface area contributed by atoms with E-state index in [1.54, 1.807) is 40.7 Å². The molecule has 2 amide bonds. The number of hydrogen-bond donors (Lipinski definition) is 2. The molecule has 0 bridgehead atoms. The summed E-state index contributed by atoms with van der Waals surface area (Å²) in [6.45, 7) is 0.759. The lowest BCUT2D eigenvalue weighted by Crippen LogP contribution is -2.37. The molecule has 31 heavy (non-hydrogen) atoms. The average Bonchev–Trinajstić information content (AvgIpc) is 2.82. The highest BCUT2D eigenvalue weighted by molar-refractivity contribution is 6.24. The molecule has 3 aromatic carbocycles. The summed E-state index contributed by atoms with van der Waals surface area (Å²) in [6.07, 6.45) is 2.35. The van der Waals surface area contributed by atoms with Crippen molar-refractivity contribution in [3.05, 3.63) is 106 Å². The third-order valence-corrected chi connectivity index (χ3v) is 5.40. The van der Waals surface area contributed by atoms with Crippen LogP contribution in [0, 0.1) is 5.82 Å². The molecule has 2 N–H and O–H groups in total. The van der Waals surface area contributed by atoms with E-state index in [2.05, 4.69) is 0 Å². The smallest absolute Gasteiger partial charge is 0.274 e. The fraction of sp³-hybridized carbons (Fsp3) is 0.120. The molecule has 6 heteroatoms. The maximum absolute atomic E-state index is 13.6. The van der Waals surface area contributed by atoms with Crippen molar-refractivity contribution in [2.45, 2.75) is 13.0 Å². The minimum atomic E-state index is -0.601. The Balaban J connectivity index is 1.70. The van der Waals surface area contributed by atoms with Gasteiger partial charge in [0.1, 0.15) is 5.82 Å². The van der Waals surface area contributed by atoms with E-state index in [0.717, 1.165) is 16.7 Å². The maximum Gasteiger partial charge on any atom is 0.274 e. The monoisotopic (exact) mass is 416 g/mol. The van der Waals surface area contributed by atoms with Crippen LogP contribution < -0.4 is 5.48 Å². The zero-order valence-corrected chi connectivity index (χ0v) is 16.7. The third-order valence-electron chi connectivity index (χ3n) is 5.40. The second kappa shape index (κ2) is 8.93. The Labute approximate surface area is 179 Å². The van der Waals surface area contributed by atoms with Gasteiger partial charge in [-0.3, -0.25) is 14.8 Å². The second-order valence-electron chi connectivity index (χ2n) is 7.34. The summed E-state index contributed by atoms with van der Waals surface area (Å²) in [7, 11) is 0. The van der Waals surface area contributed by atoms with E-state index in [1.165, 1.54) is 12.1 Å². The summed E-state index contributed by atoms with van der Waals surface area (Å²) in [5.41, 5.74) is 5.68. The summed E-state index contributed by atoms with van der Waals surface area (Å²) in [6, 6.07) is 20.6. The van der Waals surface area contributed by atoms with Crippen molar-refractivity contribution in [3.63, 3.8) is 0 Å². The van der Waals surface area contributed by atoms with Gasteiger partial charge >= 0.3 is 0 Å². The van der Waals surface area contributed by atoms with E-state index in [1.807, 2.05) is 36.4 Å². The molecule has 0 radical (unpaired) electrons. The van der Waals surface area contributed by atoms with Crippen LogP contribution in [0.2, 0.25) is 0 Å². The van der Waals surface area contributed by atoms with Crippen molar-refractivity contribution in [2.24, 2.45) is 0 Å². The van der Waals surface area contributed by atoms with Crippen molar-refractivity contribution in [2.75, 3.05) is 6.54 Å². The zero-order valence-electron chi connectivity index (χ0n) is 16.7. The maximum atomic E-state index is 13.6. The molecule has 0 spiro atoms. The average molecular weight is 416 g/mol. The number of benzene rings is 3. The quantitative estimate of drug-likeness (QED) is 0.292. The molecular weight excluding hydrogens is 395 g/mol. The van der Waals surface area contributed by atoms with Gasteiger partial charge in [-0.25, -0.2) is 9.87 Å². The van der Waals surface area contributed by atoms with Gasteiger partial charge in [0.25, 0.3) is 11.8 Å². The van der Waals surface area contributed by atoms with Crippen LogP contribution >= 0.6 is 0 Å². The number of hydroxylamine groups is 1. The molecule has 1 aliphatic heterocycles. The molecule has 0 atom stereocenters. The van der Waals surface area contributed by atoms with Crippen LogP contribution in [0.3, 0.4) is 0 Å². The zero-order chi connectivity index (χ0) is 21.8. The highest BCUT2D eigenvalue weighted by atomic mass is 19.1. The van der Waals surface area contributed by atoms with Crippen LogP contribution in [-0.2, 0) is 17.8 Å². The summed E-state index contributed by atoms with van der Waals surface area (Å²) in [5.74, 6) is -1.12. The first kappa shape index (κ1) is 20.5. The molecule has 0 saturated heterocycles. The van der Waals surface area contributed by atoms with Crippen molar-refractivity contribution in [3.8, 4) is 0 Å². The molecule has 0 aliphatic carbocycles. The van der Waals surface area contributed by atoms with Gasteiger partial charge in [0, 0.05) is 24.2 Å². The Morgan fingerprint density at radius 1 is 0.968 bits per heavy atom. The molecule has 5 nitrogen and oxygen atoms in total. The van der Waals surface area contributed by atoms with Gasteiger partial charge in [0.05, 0.1) is 0 Å². The largest absolute Gasteiger partial charge is 0.334 e. The summed E-state index contributed by atoms with van der Waals surface area (Å²) < 4.78 is 13.3. The summed E-state index contributed by atoms with van der Waals surface area (Å²) in [4.78, 5) is 27.3. The van der Waals surface area contributed by atoms with E-state index >= 15 is 0 Å². The predicted octanol–water partition coefficient (Wildman–Crippen LogP) is 4.07. The number of nitrogens with zero attached hydrogens (tertiary/aromatic N) is 1. The van der Waals surface area contributed by atoms with Gasteiger partial charge in [-0.15, -0.1) is 0 Å². The number of halogens is 1. The van der Waals surface area contributed by atoms with Crippen LogP contribution in [0.5, 0.6) is 0 Å². The number of carbonyl (C=O) groups excluding carboxylic acids is 2. The predicted molar refractivity (Wildman–Crippen MR) is 116 cm³/mol. The van der Waals surface area contributed by atoms with E-state index in [4.69, 9.17) is 5.21 Å². The van der Waals surface area contributed by atoms with Crippen LogP contribution in [0.15, 0.2) is 72.8 Å². The summed E-state index contributed by atoms with van der Waals surface area (Å²) in [5, 5.41) is 9.07. The highest BCUT2D eigenvalue weighted by Gasteiger charge is 2.27. The third kappa shape index (κ3) is 4.39. The van der Waals surface area contributed by atoms with Gasteiger partial charge in [-0.1, -0.05) is 54.6 Å². The SMILES string of the molecule is O=C(NO)c1cccc2c1CN(C(=O)C(=Cc1ccc(F)cc1)c1ccccc1)CC2. The lowest BCUT2D eigenvalue weighted by Gasteiger charge is -2.31. The first-order chi connectivity index (χ1) is 15.1. The van der Waals surface area contributed by atoms with Gasteiger partial charge in [-0.05, 0) is 52.9 Å². The van der Waals surface area contributed by atoms with E-state index in [0.29, 0.717) is 29.7 Å². The van der Waals surface area contributed by atoms with Crippen molar-refractivity contribution in [1.82, 2.24) is 10.4 Å². The molecule has 0 unspecified atom stereocenters. The van der Waals surface area contributed by atoms with Crippen LogP contribution in [-0.4, -0.2) is 28.5 Å². The van der Waals surface area contributed by atoms with E-state index < -0.39 is 5.91 Å². The lowest BCUT2D eigenvalue weighted by atomic mass is 9.93. The van der Waals surface area contributed by atoms with E-state index in [-0.39, 0.29) is 18.3 Å². The first-order valence-corrected chi connectivity index (χ1v) is 9.94. The summed E-state index contributed by atoms with van der Waals surface area (Å²) >= 11 is 0. The number of amides is 2. The fourth-order valence-corrected chi connectivity index (χ4v) is 3.81. The number of carbonyl (C=O) groups is 2. The number of nitrogens with one attached hydrogen (secondary N) is 1. The Hall–Kier alpha value is -3.77. The molecule has 4 rings (SSSR count). The molecule has 0 aromatic heterocycles. The second-order valence-corrected chi connectivity index (χ2v) is 7.34. The van der Waals surface area contributed by atoms with Gasteiger partial charge in [-0.2, -0.15) is 0 Å². The van der Waals surface area contributed by atoms with Crippen molar-refractivity contribution >= 4 is 23.5 Å².